The van der Waals surface area contributed by atoms with Crippen LogP contribution in [0.15, 0.2) is 45.1 Å². The van der Waals surface area contributed by atoms with Gasteiger partial charge in [-0.15, -0.1) is 0 Å². The van der Waals surface area contributed by atoms with Crippen LogP contribution in [-0.2, 0) is 52.5 Å². The van der Waals surface area contributed by atoms with Crippen molar-refractivity contribution in [3.63, 3.8) is 0 Å². The van der Waals surface area contributed by atoms with Crippen molar-refractivity contribution in [2.75, 3.05) is 26.9 Å². The molecule has 2 bridgehead atoms. The highest BCUT2D eigenvalue weighted by molar-refractivity contribution is 6.09. The second-order valence-electron chi connectivity index (χ2n) is 17.4. The highest BCUT2D eigenvalue weighted by Gasteiger charge is 2.84. The molecule has 5 fully saturated rings. The molecule has 0 aromatic heterocycles. The number of methoxy groups -OCH3 is 1. The quantitative estimate of drug-likeness (QED) is 0.150. The number of cyclic esters (lactones) is 3. The molecule has 0 aromatic carbocycles. The first-order chi connectivity index (χ1) is 25.5. The summed E-state index contributed by atoms with van der Waals surface area (Å²) in [5.74, 6) is -7.42. The van der Waals surface area contributed by atoms with E-state index in [9.17, 15) is 44.1 Å². The minimum Gasteiger partial charge on any atom is -0.466 e. The number of Topliss-reactive ketones (excluding diaryl/α,β-unsaturated/α-hetero) is 1. The van der Waals surface area contributed by atoms with Gasteiger partial charge in [0.05, 0.1) is 25.0 Å². The van der Waals surface area contributed by atoms with E-state index in [4.69, 9.17) is 23.7 Å². The summed E-state index contributed by atoms with van der Waals surface area (Å²) >= 11 is 0. The zero-order chi connectivity index (χ0) is 38.6. The van der Waals surface area contributed by atoms with Crippen LogP contribution in [0, 0.1) is 52.3 Å². The Labute approximate surface area is 310 Å². The minimum absolute atomic E-state index is 0.00499. The van der Waals surface area contributed by atoms with Crippen molar-refractivity contribution in [3.8, 4) is 0 Å². The van der Waals surface area contributed by atoms with Crippen molar-refractivity contribution in [2.45, 2.75) is 83.2 Å². The van der Waals surface area contributed by atoms with Gasteiger partial charge >= 0.3 is 29.8 Å². The lowest BCUT2D eigenvalue weighted by molar-refractivity contribution is -0.191. The van der Waals surface area contributed by atoms with Gasteiger partial charge in [-0.1, -0.05) is 19.4 Å². The van der Waals surface area contributed by atoms with E-state index in [0.29, 0.717) is 24.0 Å². The highest BCUT2D eigenvalue weighted by Crippen LogP contribution is 2.83. The Bertz CT molecular complexity index is 2000. The lowest BCUT2D eigenvalue weighted by Crippen LogP contribution is -2.67. The minimum atomic E-state index is -1.89. The molecule has 0 radical (unpaired) electrons. The molecule has 14 nitrogen and oxygen atoms in total. The predicted molar refractivity (Wildman–Crippen MR) is 180 cm³/mol. The fourth-order valence-corrected chi connectivity index (χ4v) is 12.7. The second kappa shape index (κ2) is 11.2. The number of carbonyl (C=O) groups excluding carboxylic acids is 6. The number of hydrogen-bond donors (Lipinski definition) is 3. The Morgan fingerprint density at radius 3 is 2.39 bits per heavy atom. The molecule has 54 heavy (non-hydrogen) atoms. The molecule has 2 heterocycles. The first kappa shape index (κ1) is 35.6. The van der Waals surface area contributed by atoms with E-state index in [0.717, 1.165) is 23.6 Å². The lowest BCUT2D eigenvalue weighted by atomic mass is 9.42. The van der Waals surface area contributed by atoms with Gasteiger partial charge in [0.1, 0.15) is 37.1 Å². The SMILES string of the molecule is COC(=O)/C(C)=C1\C(=O)[C@H](O)[C@]2(C)C3=C(C[C@@H]4C5(OC(=O)C6=C5CC5[C@]4(C)[C@@H]4C[C@@H]4[C@@]5(O)COC(=O)/C=C(\C)COC(=O)[C@@H](O)CC(=O)OC6)[C@H]31)[C@H]1C[C@H]12. The van der Waals surface area contributed by atoms with Gasteiger partial charge in [-0.25, -0.2) is 19.2 Å². The van der Waals surface area contributed by atoms with E-state index in [1.807, 2.05) is 6.92 Å². The van der Waals surface area contributed by atoms with Crippen molar-refractivity contribution in [1.82, 2.24) is 0 Å². The van der Waals surface area contributed by atoms with Crippen LogP contribution in [0.1, 0.15) is 59.8 Å². The normalized spacial score (nSPS) is 48.0. The molecule has 14 heteroatoms. The topological polar surface area (TPSA) is 209 Å². The maximum atomic E-state index is 14.6. The Morgan fingerprint density at radius 1 is 0.926 bits per heavy atom. The third kappa shape index (κ3) is 4.27. The van der Waals surface area contributed by atoms with Crippen LogP contribution in [0.2, 0.25) is 0 Å². The number of ether oxygens (including phenoxy) is 5. The molecule has 0 saturated heterocycles. The number of hydrogen-bond acceptors (Lipinski definition) is 14. The van der Waals surface area contributed by atoms with Gasteiger partial charge in [-0.2, -0.15) is 0 Å². The van der Waals surface area contributed by atoms with Gasteiger partial charge in [-0.3, -0.25) is 9.59 Å². The second-order valence-corrected chi connectivity index (χ2v) is 17.4. The third-order valence-electron chi connectivity index (χ3n) is 15.2. The summed E-state index contributed by atoms with van der Waals surface area (Å²) in [4.78, 5) is 80.9. The average molecular weight is 749 g/mol. The highest BCUT2D eigenvalue weighted by atomic mass is 16.6. The van der Waals surface area contributed by atoms with E-state index in [-0.39, 0.29) is 60.0 Å². The van der Waals surface area contributed by atoms with E-state index in [1.165, 1.54) is 21.0 Å². The van der Waals surface area contributed by atoms with E-state index < -0.39 is 101 Å². The van der Waals surface area contributed by atoms with Crippen LogP contribution >= 0.6 is 0 Å². The van der Waals surface area contributed by atoms with E-state index in [1.54, 1.807) is 0 Å². The summed E-state index contributed by atoms with van der Waals surface area (Å²) in [7, 11) is 1.20. The van der Waals surface area contributed by atoms with Crippen LogP contribution < -0.4 is 0 Å². The van der Waals surface area contributed by atoms with Gasteiger partial charge in [0, 0.05) is 34.5 Å². The molecule has 0 aromatic rings. The van der Waals surface area contributed by atoms with Crippen molar-refractivity contribution in [3.05, 3.63) is 45.1 Å². The van der Waals surface area contributed by atoms with Gasteiger partial charge < -0.3 is 39.0 Å². The summed E-state index contributed by atoms with van der Waals surface area (Å²) in [5, 5.41) is 35.0. The van der Waals surface area contributed by atoms with Gasteiger partial charge in [0.25, 0.3) is 0 Å². The Balaban J connectivity index is 1.26. The summed E-state index contributed by atoms with van der Waals surface area (Å²) in [5.41, 5.74) is -2.21. The van der Waals surface area contributed by atoms with Crippen molar-refractivity contribution < 1.29 is 67.8 Å². The number of fused-ring (bicyclic) bond motifs is 7. The molecule has 1 spiro atoms. The number of rotatable bonds is 1. The zero-order valence-corrected chi connectivity index (χ0v) is 30.8. The number of esters is 5. The molecule has 7 aliphatic carbocycles. The molecular weight excluding hydrogens is 704 g/mol. The Morgan fingerprint density at radius 2 is 1.67 bits per heavy atom. The van der Waals surface area contributed by atoms with E-state index in [2.05, 4.69) is 6.92 Å². The third-order valence-corrected chi connectivity index (χ3v) is 15.2. The van der Waals surface area contributed by atoms with Crippen LogP contribution in [0.4, 0.5) is 0 Å². The van der Waals surface area contributed by atoms with Crippen molar-refractivity contribution >= 4 is 35.6 Å². The Kier molecular flexibility index (Phi) is 7.39. The monoisotopic (exact) mass is 748 g/mol. The first-order valence-electron chi connectivity index (χ1n) is 18.7. The summed E-state index contributed by atoms with van der Waals surface area (Å²) in [6.07, 6.45) is -1.07. The molecule has 9 aliphatic rings. The number of aliphatic hydroxyl groups excluding tert-OH is 2. The molecule has 288 valence electrons. The molecule has 2 unspecified atom stereocenters. The lowest BCUT2D eigenvalue weighted by Gasteiger charge is -2.63. The summed E-state index contributed by atoms with van der Waals surface area (Å²) in [6.45, 7) is 5.67. The average Bonchev–Trinajstić information content (AvgIpc) is 4.05. The molecule has 0 amide bonds. The summed E-state index contributed by atoms with van der Waals surface area (Å²) < 4.78 is 28.1. The fraction of sp³-hybridized carbons (Fsp3) is 0.650. The zero-order valence-electron chi connectivity index (χ0n) is 30.8. The maximum Gasteiger partial charge on any atom is 0.338 e. The van der Waals surface area contributed by atoms with Gasteiger partial charge in [0.2, 0.25) is 0 Å². The van der Waals surface area contributed by atoms with Crippen LogP contribution in [0.5, 0.6) is 0 Å². The van der Waals surface area contributed by atoms with Crippen LogP contribution in [0.3, 0.4) is 0 Å². The van der Waals surface area contributed by atoms with Gasteiger partial charge in [0.15, 0.2) is 11.9 Å². The molecule has 3 N–H and O–H groups in total. The van der Waals surface area contributed by atoms with Crippen LogP contribution in [0.25, 0.3) is 0 Å². The molecule has 13 atom stereocenters. The van der Waals surface area contributed by atoms with Gasteiger partial charge in [-0.05, 0) is 85.3 Å². The Hall–Kier alpha value is -4.14. The number of aliphatic hydroxyl groups is 3. The molecule has 5 saturated carbocycles. The number of carbonyl (C=O) groups is 6. The predicted octanol–water partition coefficient (Wildman–Crippen LogP) is 1.35. The standard InChI is InChI=1S/C40H44O14/c1-15-6-27(42)53-14-39(49)23-9-22(23)37(3)25(39)10-21-19(13-51-28(43)11-24(41)36(48)52-12-15)35(47)54-40(21)26(37)8-18-17-7-20(17)38(4)30(18)31(40)29(32(44)33(38)45)16(2)34(46)50-5/h6,17,20,22-26,31,33,41,45,49H,7-14H2,1-5H3/b15-6+,29-16-/t17-,20-,22-,23+,24+,25?,26+,31+,33+,37+,38+,39+,40?/m1/s1. The van der Waals surface area contributed by atoms with Crippen molar-refractivity contribution in [1.29, 1.82) is 0 Å². The largest absolute Gasteiger partial charge is 0.466 e. The molecular formula is C40H44O14. The molecule has 9 rings (SSSR count). The van der Waals surface area contributed by atoms with E-state index >= 15 is 0 Å². The number of allylic oxidation sites excluding steroid dienone is 1. The summed E-state index contributed by atoms with van der Waals surface area (Å²) in [6, 6.07) is 0. The smallest absolute Gasteiger partial charge is 0.338 e. The number of ketones is 1. The van der Waals surface area contributed by atoms with Crippen molar-refractivity contribution in [2.24, 2.45) is 52.3 Å². The van der Waals surface area contributed by atoms with Crippen LogP contribution in [-0.4, -0.2) is 101 Å². The first-order valence-corrected chi connectivity index (χ1v) is 18.7. The fourth-order valence-electron chi connectivity index (χ4n) is 12.7. The molecule has 2 aliphatic heterocycles. The maximum absolute atomic E-state index is 14.6.